The Morgan fingerprint density at radius 3 is 2.70 bits per heavy atom. The Morgan fingerprint density at radius 2 is 2.07 bits per heavy atom. The van der Waals surface area contributed by atoms with Gasteiger partial charge in [0, 0.05) is 35.8 Å². The van der Waals surface area contributed by atoms with Gasteiger partial charge in [-0.2, -0.15) is 0 Å². The third-order valence-electron chi connectivity index (χ3n) is 4.51. The van der Waals surface area contributed by atoms with Crippen molar-refractivity contribution in [1.29, 1.82) is 0 Å². The van der Waals surface area contributed by atoms with Crippen LogP contribution in [-0.2, 0) is 6.54 Å². The highest BCUT2D eigenvalue weighted by Crippen LogP contribution is 2.22. The van der Waals surface area contributed by atoms with E-state index in [9.17, 15) is 0 Å². The lowest BCUT2D eigenvalue weighted by Gasteiger charge is -2.20. The number of aryl methyl sites for hydroxylation is 2. The number of aromatic nitrogens is 1. The normalized spacial score (nSPS) is 17.0. The third kappa shape index (κ3) is 6.10. The molecular weight excluding hydrogens is 521 g/mol. The van der Waals surface area contributed by atoms with Crippen molar-refractivity contribution >= 4 is 51.6 Å². The molecule has 1 fully saturated rings. The number of nitrogens with zero attached hydrogens (tertiary/aromatic N) is 3. The van der Waals surface area contributed by atoms with E-state index in [0.29, 0.717) is 18.5 Å². The summed E-state index contributed by atoms with van der Waals surface area (Å²) >= 11 is 3.49. The van der Waals surface area contributed by atoms with Gasteiger partial charge >= 0.3 is 0 Å². The average molecular weight is 548 g/mol. The molecule has 0 bridgehead atoms. The fourth-order valence-corrected chi connectivity index (χ4v) is 3.30. The summed E-state index contributed by atoms with van der Waals surface area (Å²) in [5.74, 6) is 2.32. The number of nitrogens with one attached hydrogen (secondary N) is 2. The van der Waals surface area contributed by atoms with Gasteiger partial charge in [0.1, 0.15) is 12.3 Å². The first-order valence-corrected chi connectivity index (χ1v) is 9.82. The molecule has 2 aromatic rings. The van der Waals surface area contributed by atoms with Gasteiger partial charge in [0.15, 0.2) is 5.96 Å². The summed E-state index contributed by atoms with van der Waals surface area (Å²) in [6.07, 6.45) is 1.08. The number of oxazole rings is 1. The molecule has 1 saturated heterocycles. The lowest BCUT2D eigenvalue weighted by atomic mass is 10.3. The van der Waals surface area contributed by atoms with Crippen LogP contribution in [0.4, 0.5) is 5.69 Å². The standard InChI is InChI=1S/C19H26BrN5O.HI/c1-4-21-19(22-11-18-23-13(2)14(3)26-18)24-16-9-10-25(12-16)17-7-5-15(20)6-8-17;/h5-8,16H,4,9-12H2,1-3H3,(H2,21,22,24);1H. The molecule has 0 radical (unpaired) electrons. The van der Waals surface area contributed by atoms with E-state index in [2.05, 4.69) is 72.6 Å². The van der Waals surface area contributed by atoms with Crippen molar-refractivity contribution in [2.75, 3.05) is 24.5 Å². The van der Waals surface area contributed by atoms with E-state index in [1.54, 1.807) is 0 Å². The summed E-state index contributed by atoms with van der Waals surface area (Å²) in [6, 6.07) is 8.84. The molecule has 27 heavy (non-hydrogen) atoms. The van der Waals surface area contributed by atoms with Gasteiger partial charge in [-0.1, -0.05) is 15.9 Å². The van der Waals surface area contributed by atoms with E-state index in [1.807, 2.05) is 13.8 Å². The molecule has 6 nitrogen and oxygen atoms in total. The molecule has 148 valence electrons. The van der Waals surface area contributed by atoms with Crippen LogP contribution < -0.4 is 15.5 Å². The van der Waals surface area contributed by atoms with E-state index in [4.69, 9.17) is 4.42 Å². The van der Waals surface area contributed by atoms with Crippen LogP contribution in [0.5, 0.6) is 0 Å². The lowest BCUT2D eigenvalue weighted by molar-refractivity contribution is 0.472. The summed E-state index contributed by atoms with van der Waals surface area (Å²) in [6.45, 7) is 9.20. The largest absolute Gasteiger partial charge is 0.444 e. The number of guanidine groups is 1. The van der Waals surface area contributed by atoms with Crippen LogP contribution in [0.1, 0.15) is 30.7 Å². The predicted molar refractivity (Wildman–Crippen MR) is 124 cm³/mol. The summed E-state index contributed by atoms with van der Waals surface area (Å²) in [5, 5.41) is 6.85. The van der Waals surface area contributed by atoms with Gasteiger partial charge in [-0.25, -0.2) is 9.98 Å². The minimum Gasteiger partial charge on any atom is -0.444 e. The highest BCUT2D eigenvalue weighted by molar-refractivity contribution is 14.0. The van der Waals surface area contributed by atoms with Gasteiger partial charge in [-0.05, 0) is 51.5 Å². The van der Waals surface area contributed by atoms with E-state index in [1.165, 1.54) is 5.69 Å². The molecule has 1 unspecified atom stereocenters. The first-order valence-electron chi connectivity index (χ1n) is 9.03. The van der Waals surface area contributed by atoms with E-state index < -0.39 is 0 Å². The first kappa shape index (κ1) is 22.0. The second kappa shape index (κ2) is 10.3. The maximum atomic E-state index is 5.61. The molecule has 0 spiro atoms. The van der Waals surface area contributed by atoms with Crippen molar-refractivity contribution in [2.24, 2.45) is 4.99 Å². The molecule has 1 atom stereocenters. The van der Waals surface area contributed by atoms with Crippen molar-refractivity contribution in [3.8, 4) is 0 Å². The van der Waals surface area contributed by atoms with Crippen LogP contribution in [-0.4, -0.2) is 36.6 Å². The fourth-order valence-electron chi connectivity index (χ4n) is 3.03. The summed E-state index contributed by atoms with van der Waals surface area (Å²) < 4.78 is 6.72. The van der Waals surface area contributed by atoms with Crippen LogP contribution >= 0.6 is 39.9 Å². The smallest absolute Gasteiger partial charge is 0.216 e. The average Bonchev–Trinajstić information content (AvgIpc) is 3.20. The molecule has 0 amide bonds. The molecule has 1 aliphatic rings. The van der Waals surface area contributed by atoms with Crippen molar-refractivity contribution in [3.63, 3.8) is 0 Å². The summed E-state index contributed by atoms with van der Waals surface area (Å²) in [5.41, 5.74) is 2.18. The predicted octanol–water partition coefficient (Wildman–Crippen LogP) is 4.01. The van der Waals surface area contributed by atoms with Crippen LogP contribution in [0.2, 0.25) is 0 Å². The highest BCUT2D eigenvalue weighted by atomic mass is 127. The number of aliphatic imine (C=N–C) groups is 1. The molecule has 2 N–H and O–H groups in total. The topological polar surface area (TPSA) is 65.7 Å². The minimum absolute atomic E-state index is 0. The Balaban J connectivity index is 0.00000261. The fraction of sp³-hybridized carbons (Fsp3) is 0.474. The van der Waals surface area contributed by atoms with Gasteiger partial charge in [0.2, 0.25) is 5.89 Å². The summed E-state index contributed by atoms with van der Waals surface area (Å²) in [7, 11) is 0. The highest BCUT2D eigenvalue weighted by Gasteiger charge is 2.23. The molecule has 1 aromatic carbocycles. The van der Waals surface area contributed by atoms with Crippen molar-refractivity contribution in [3.05, 3.63) is 46.1 Å². The van der Waals surface area contributed by atoms with Crippen molar-refractivity contribution in [1.82, 2.24) is 15.6 Å². The first-order chi connectivity index (χ1) is 12.5. The number of halogens is 2. The molecular formula is C19H27BrIN5O. The van der Waals surface area contributed by atoms with Crippen LogP contribution in [0.25, 0.3) is 0 Å². The Kier molecular flexibility index (Phi) is 8.40. The zero-order valence-electron chi connectivity index (χ0n) is 16.0. The second-order valence-electron chi connectivity index (χ2n) is 6.50. The van der Waals surface area contributed by atoms with Crippen LogP contribution in [0.3, 0.4) is 0 Å². The zero-order chi connectivity index (χ0) is 18.5. The van der Waals surface area contributed by atoms with E-state index in [-0.39, 0.29) is 24.0 Å². The Labute approximate surface area is 186 Å². The zero-order valence-corrected chi connectivity index (χ0v) is 19.9. The number of benzene rings is 1. The molecule has 1 aromatic heterocycles. The maximum Gasteiger partial charge on any atom is 0.216 e. The number of hydrogen-bond acceptors (Lipinski definition) is 4. The van der Waals surface area contributed by atoms with Crippen molar-refractivity contribution in [2.45, 2.75) is 39.8 Å². The van der Waals surface area contributed by atoms with Crippen LogP contribution in [0, 0.1) is 13.8 Å². The molecule has 8 heteroatoms. The number of rotatable bonds is 5. The minimum atomic E-state index is 0. The van der Waals surface area contributed by atoms with E-state index in [0.717, 1.165) is 47.9 Å². The molecule has 0 aliphatic carbocycles. The van der Waals surface area contributed by atoms with Crippen molar-refractivity contribution < 1.29 is 4.42 Å². The Bertz CT molecular complexity index is 742. The quantitative estimate of drug-likeness (QED) is 0.336. The number of anilines is 1. The Morgan fingerprint density at radius 1 is 1.33 bits per heavy atom. The van der Waals surface area contributed by atoms with Gasteiger partial charge < -0.3 is 20.0 Å². The summed E-state index contributed by atoms with van der Waals surface area (Å²) in [4.78, 5) is 11.4. The lowest BCUT2D eigenvalue weighted by Crippen LogP contribution is -2.44. The van der Waals surface area contributed by atoms with Gasteiger partial charge in [-0.3, -0.25) is 0 Å². The molecule has 1 aliphatic heterocycles. The maximum absolute atomic E-state index is 5.61. The van der Waals surface area contributed by atoms with Gasteiger partial charge in [-0.15, -0.1) is 24.0 Å². The molecule has 0 saturated carbocycles. The second-order valence-corrected chi connectivity index (χ2v) is 7.41. The SMILES string of the molecule is CCNC(=NCc1nc(C)c(C)o1)NC1CCN(c2ccc(Br)cc2)C1.I. The Hall–Kier alpha value is -1.29. The number of hydrogen-bond donors (Lipinski definition) is 2. The molecule has 2 heterocycles. The third-order valence-corrected chi connectivity index (χ3v) is 5.04. The molecule has 3 rings (SSSR count). The van der Waals surface area contributed by atoms with Gasteiger partial charge in [0.25, 0.3) is 0 Å². The van der Waals surface area contributed by atoms with E-state index >= 15 is 0 Å². The van der Waals surface area contributed by atoms with Crippen LogP contribution in [0.15, 0.2) is 38.1 Å². The van der Waals surface area contributed by atoms with Gasteiger partial charge in [0.05, 0.1) is 5.69 Å². The monoisotopic (exact) mass is 547 g/mol.